The third kappa shape index (κ3) is 5.96. The Kier molecular flexibility index (Phi) is 7.85. The van der Waals surface area contributed by atoms with E-state index in [2.05, 4.69) is 25.0 Å². The normalized spacial score (nSPS) is 24.2. The molecule has 4 heterocycles. The number of anilines is 1. The number of nitrogens with two attached hydrogens (primary N) is 1. The first-order valence-corrected chi connectivity index (χ1v) is 14.2. The molecule has 228 valence electrons. The maximum Gasteiger partial charge on any atom is 0.415 e. The minimum atomic E-state index is -1.42. The third-order valence-electron chi connectivity index (χ3n) is 8.01. The molecule has 3 fully saturated rings. The average Bonchev–Trinajstić information content (AvgIpc) is 3.64. The minimum absolute atomic E-state index is 0.0767. The van der Waals surface area contributed by atoms with Gasteiger partial charge in [0.1, 0.15) is 29.3 Å². The van der Waals surface area contributed by atoms with Gasteiger partial charge in [0.2, 0.25) is 0 Å². The molecule has 2 saturated heterocycles. The maximum atomic E-state index is 12.7. The summed E-state index contributed by atoms with van der Waals surface area (Å²) in [6.07, 6.45) is -0.589. The molecule has 5 N–H and O–H groups in total. The number of imidazole rings is 1. The number of rotatable bonds is 7. The number of esters is 1. The Labute approximate surface area is 245 Å². The Bertz CT molecular complexity index is 1520. The summed E-state index contributed by atoms with van der Waals surface area (Å²) in [5, 5.41) is 24.0. The van der Waals surface area contributed by atoms with Crippen molar-refractivity contribution in [3.8, 4) is 5.75 Å². The van der Waals surface area contributed by atoms with Gasteiger partial charge in [0.15, 0.2) is 23.8 Å². The molecule has 1 aromatic carbocycles. The summed E-state index contributed by atoms with van der Waals surface area (Å²) < 4.78 is 17.4. The molecule has 4 atom stereocenters. The molecule has 6 rings (SSSR count). The van der Waals surface area contributed by atoms with E-state index in [-0.39, 0.29) is 17.8 Å². The number of aliphatic hydroxyl groups excluding tert-OH is 2. The molecule has 2 aromatic heterocycles. The van der Waals surface area contributed by atoms with E-state index in [4.69, 9.17) is 15.2 Å². The van der Waals surface area contributed by atoms with Crippen LogP contribution in [0.4, 0.5) is 10.6 Å². The van der Waals surface area contributed by atoms with Crippen LogP contribution in [-0.2, 0) is 20.7 Å². The van der Waals surface area contributed by atoms with Gasteiger partial charge in [-0.3, -0.25) is 9.36 Å². The number of nitrogens with zero attached hydrogens (tertiary/aromatic N) is 5. The highest BCUT2D eigenvalue weighted by Gasteiger charge is 2.48. The number of hydrogen-bond donors (Lipinski definition) is 4. The number of piperidine rings is 1. The van der Waals surface area contributed by atoms with Crippen LogP contribution < -0.4 is 15.8 Å². The van der Waals surface area contributed by atoms with Crippen molar-refractivity contribution in [3.63, 3.8) is 0 Å². The first-order valence-electron chi connectivity index (χ1n) is 14.2. The van der Waals surface area contributed by atoms with Gasteiger partial charge in [0.25, 0.3) is 5.91 Å². The van der Waals surface area contributed by atoms with E-state index in [1.165, 1.54) is 30.1 Å². The van der Waals surface area contributed by atoms with Crippen LogP contribution in [0.2, 0.25) is 0 Å². The summed E-state index contributed by atoms with van der Waals surface area (Å²) in [5.74, 6) is 0.181. The topological polar surface area (TPSA) is 204 Å². The number of amides is 2. The second-order valence-electron chi connectivity index (χ2n) is 11.1. The smallest absolute Gasteiger partial charge is 0.415 e. The first kappa shape index (κ1) is 28.8. The lowest BCUT2D eigenvalue weighted by molar-refractivity contribution is -0.137. The number of aliphatic hydroxyl groups is 2. The molecule has 3 aromatic rings. The van der Waals surface area contributed by atoms with Gasteiger partial charge in [-0.2, -0.15) is 0 Å². The highest BCUT2D eigenvalue weighted by atomic mass is 16.6. The predicted molar refractivity (Wildman–Crippen MR) is 149 cm³/mol. The Hall–Kier alpha value is -4.34. The van der Waals surface area contributed by atoms with Gasteiger partial charge < -0.3 is 40.4 Å². The molecule has 1 aliphatic carbocycles. The van der Waals surface area contributed by atoms with Gasteiger partial charge in [-0.25, -0.2) is 24.5 Å². The monoisotopic (exact) mass is 595 g/mol. The summed E-state index contributed by atoms with van der Waals surface area (Å²) in [4.78, 5) is 51.8. The second kappa shape index (κ2) is 11.7. The first-order chi connectivity index (χ1) is 20.7. The number of carbonyl (C=O) groups is 3. The Morgan fingerprint density at radius 3 is 2.47 bits per heavy atom. The summed E-state index contributed by atoms with van der Waals surface area (Å²) >= 11 is 0. The molecule has 3 aliphatic rings. The Morgan fingerprint density at radius 1 is 1.07 bits per heavy atom. The highest BCUT2D eigenvalue weighted by Crippen LogP contribution is 2.33. The van der Waals surface area contributed by atoms with Gasteiger partial charge in [-0.05, 0) is 55.9 Å². The number of nitrogens with one attached hydrogen (secondary N) is 1. The second-order valence-corrected chi connectivity index (χ2v) is 11.1. The number of hydrogen-bond acceptors (Lipinski definition) is 12. The number of aromatic nitrogens is 4. The molecule has 0 bridgehead atoms. The quantitative estimate of drug-likeness (QED) is 0.277. The molecular weight excluding hydrogens is 562 g/mol. The van der Waals surface area contributed by atoms with Gasteiger partial charge in [0.05, 0.1) is 19.0 Å². The van der Waals surface area contributed by atoms with Crippen LogP contribution in [0.3, 0.4) is 0 Å². The summed E-state index contributed by atoms with van der Waals surface area (Å²) in [5.41, 5.74) is 7.20. The number of fused-ring (bicyclic) bond motifs is 1. The molecule has 2 amide bonds. The third-order valence-corrected chi connectivity index (χ3v) is 8.01. The van der Waals surface area contributed by atoms with E-state index in [0.717, 1.165) is 12.8 Å². The fourth-order valence-corrected chi connectivity index (χ4v) is 5.40. The molecule has 15 heteroatoms. The summed E-state index contributed by atoms with van der Waals surface area (Å²) in [7, 11) is 1.30. The Morgan fingerprint density at radius 2 is 1.79 bits per heavy atom. The van der Waals surface area contributed by atoms with Crippen LogP contribution in [0.15, 0.2) is 30.6 Å². The molecule has 2 unspecified atom stereocenters. The van der Waals surface area contributed by atoms with E-state index in [1.54, 1.807) is 17.0 Å². The van der Waals surface area contributed by atoms with E-state index in [0.29, 0.717) is 60.7 Å². The van der Waals surface area contributed by atoms with Crippen LogP contribution in [0, 0.1) is 5.92 Å². The molecule has 0 spiro atoms. The SMILES string of the molecule is COC(=O)c1ccc(OC(=O)N2CCC(Cc3nc(N)c4ncn([C@@H]5O[C@H](C(=O)NC6CC6)C(O)C5O)c4n3)CC2)cc1. The minimum Gasteiger partial charge on any atom is -0.465 e. The van der Waals surface area contributed by atoms with Crippen molar-refractivity contribution in [1.82, 2.24) is 29.7 Å². The molecule has 43 heavy (non-hydrogen) atoms. The number of methoxy groups -OCH3 is 1. The molecule has 0 radical (unpaired) electrons. The number of ether oxygens (including phenoxy) is 3. The Balaban J connectivity index is 1.08. The van der Waals surface area contributed by atoms with E-state index in [1.807, 2.05) is 0 Å². The van der Waals surface area contributed by atoms with Crippen molar-refractivity contribution in [1.29, 1.82) is 0 Å². The van der Waals surface area contributed by atoms with Gasteiger partial charge >= 0.3 is 12.1 Å². The molecule has 1 saturated carbocycles. The van der Waals surface area contributed by atoms with Crippen molar-refractivity contribution in [2.75, 3.05) is 25.9 Å². The number of likely N-dealkylation sites (tertiary alicyclic amines) is 1. The van der Waals surface area contributed by atoms with E-state index < -0.39 is 42.5 Å². The molecule has 15 nitrogen and oxygen atoms in total. The lowest BCUT2D eigenvalue weighted by Gasteiger charge is -2.31. The van der Waals surface area contributed by atoms with Crippen LogP contribution in [0.1, 0.15) is 48.1 Å². The average molecular weight is 596 g/mol. The van der Waals surface area contributed by atoms with Gasteiger partial charge in [-0.1, -0.05) is 0 Å². The zero-order chi connectivity index (χ0) is 30.2. The largest absolute Gasteiger partial charge is 0.465 e. The van der Waals surface area contributed by atoms with Crippen molar-refractivity contribution in [3.05, 3.63) is 42.0 Å². The number of nitrogen functional groups attached to an aromatic ring is 1. The van der Waals surface area contributed by atoms with Crippen LogP contribution in [0.5, 0.6) is 5.75 Å². The number of carbonyl (C=O) groups excluding carboxylic acids is 3. The fourth-order valence-electron chi connectivity index (χ4n) is 5.40. The van der Waals surface area contributed by atoms with Crippen LogP contribution in [-0.4, -0.2) is 97.2 Å². The van der Waals surface area contributed by atoms with Crippen LogP contribution in [0.25, 0.3) is 11.2 Å². The van der Waals surface area contributed by atoms with E-state index >= 15 is 0 Å². The van der Waals surface area contributed by atoms with Crippen molar-refractivity contribution in [2.24, 2.45) is 5.92 Å². The van der Waals surface area contributed by atoms with Crippen molar-refractivity contribution >= 4 is 35.0 Å². The summed E-state index contributed by atoms with van der Waals surface area (Å²) in [6.45, 7) is 0.952. The molecular formula is C28H33N7O8. The zero-order valence-corrected chi connectivity index (χ0v) is 23.5. The highest BCUT2D eigenvalue weighted by molar-refractivity contribution is 5.89. The zero-order valence-electron chi connectivity index (χ0n) is 23.5. The number of benzene rings is 1. The summed E-state index contributed by atoms with van der Waals surface area (Å²) in [6, 6.07) is 6.22. The maximum absolute atomic E-state index is 12.7. The lowest BCUT2D eigenvalue weighted by Crippen LogP contribution is -2.43. The van der Waals surface area contributed by atoms with Crippen molar-refractivity contribution in [2.45, 2.75) is 62.7 Å². The predicted octanol–water partition coefficient (Wildman–Crippen LogP) is 0.546. The fraction of sp³-hybridized carbons (Fsp3) is 0.500. The lowest BCUT2D eigenvalue weighted by atomic mass is 9.93. The van der Waals surface area contributed by atoms with Gasteiger partial charge in [0, 0.05) is 25.6 Å². The van der Waals surface area contributed by atoms with Crippen LogP contribution >= 0.6 is 0 Å². The molecule has 2 aliphatic heterocycles. The van der Waals surface area contributed by atoms with E-state index in [9.17, 15) is 24.6 Å². The van der Waals surface area contributed by atoms with Crippen molar-refractivity contribution < 1.29 is 38.8 Å². The standard InChI is InChI=1S/C28H33N7O8/c1-41-27(39)15-2-6-17(7-3-15)42-28(40)34-10-8-14(9-11-34)12-18-32-23(29)19-24(33-18)35(13-30-19)26-21(37)20(36)22(43-26)25(38)31-16-4-5-16/h2-3,6-7,13-14,16,20-22,26,36-37H,4-5,8-12H2,1H3,(H,31,38)(H2,29,32,33)/t20?,21?,22-,26+/m0/s1. The van der Waals surface area contributed by atoms with Gasteiger partial charge in [-0.15, -0.1) is 0 Å².